The van der Waals surface area contributed by atoms with E-state index in [1.54, 1.807) is 0 Å². The van der Waals surface area contributed by atoms with Crippen LogP contribution in [-0.4, -0.2) is 10.3 Å². The van der Waals surface area contributed by atoms with Crippen molar-refractivity contribution in [3.8, 4) is 0 Å². The second-order valence-electron chi connectivity index (χ2n) is 5.07. The van der Waals surface area contributed by atoms with Crippen LogP contribution < -0.4 is 0 Å². The van der Waals surface area contributed by atoms with Crippen molar-refractivity contribution in [2.45, 2.75) is 39.8 Å². The minimum absolute atomic E-state index is 0.571. The maximum absolute atomic E-state index is 10.2. The van der Waals surface area contributed by atoms with Crippen molar-refractivity contribution in [3.05, 3.63) is 70.8 Å². The average Bonchev–Trinajstić information content (AvgIpc) is 2.48. The molecule has 0 unspecified atom stereocenters. The van der Waals surface area contributed by atoms with Crippen molar-refractivity contribution < 1.29 is 5.21 Å². The fourth-order valence-corrected chi connectivity index (χ4v) is 2.56. The Hall–Kier alpha value is -1.64. The highest BCUT2D eigenvalue weighted by Crippen LogP contribution is 2.15. The lowest BCUT2D eigenvalue weighted by Crippen LogP contribution is -2.19. The van der Waals surface area contributed by atoms with E-state index in [0.29, 0.717) is 13.1 Å². The summed E-state index contributed by atoms with van der Waals surface area (Å²) >= 11 is 0. The summed E-state index contributed by atoms with van der Waals surface area (Å²) in [4.78, 5) is 0. The number of aryl methyl sites for hydroxylation is 2. The Kier molecular flexibility index (Phi) is 5.33. The lowest BCUT2D eigenvalue weighted by atomic mass is 10.0. The van der Waals surface area contributed by atoms with E-state index < -0.39 is 0 Å². The lowest BCUT2D eigenvalue weighted by Gasteiger charge is -2.18. The SMILES string of the molecule is CCc1ccccc1CN(O)Cc1ccccc1CC. The first kappa shape index (κ1) is 14.8. The third-order valence-electron chi connectivity index (χ3n) is 3.70. The number of nitrogens with zero attached hydrogens (tertiary/aromatic N) is 1. The summed E-state index contributed by atoms with van der Waals surface area (Å²) in [6.07, 6.45) is 1.99. The molecule has 2 aromatic rings. The smallest absolute Gasteiger partial charge is 0.0495 e. The van der Waals surface area contributed by atoms with E-state index in [1.807, 2.05) is 12.1 Å². The number of hydrogen-bond donors (Lipinski definition) is 1. The van der Waals surface area contributed by atoms with Crippen LogP contribution in [0.4, 0.5) is 0 Å². The average molecular weight is 269 g/mol. The van der Waals surface area contributed by atoms with Crippen LogP contribution in [0.25, 0.3) is 0 Å². The Morgan fingerprint density at radius 3 is 1.40 bits per heavy atom. The van der Waals surface area contributed by atoms with Crippen LogP contribution in [0.5, 0.6) is 0 Å². The van der Waals surface area contributed by atoms with E-state index in [4.69, 9.17) is 0 Å². The molecule has 0 bridgehead atoms. The van der Waals surface area contributed by atoms with Crippen LogP contribution in [-0.2, 0) is 25.9 Å². The molecule has 0 radical (unpaired) electrons. The Bertz CT molecular complexity index is 501. The van der Waals surface area contributed by atoms with Crippen LogP contribution >= 0.6 is 0 Å². The molecule has 0 spiro atoms. The van der Waals surface area contributed by atoms with Crippen LogP contribution in [0.3, 0.4) is 0 Å². The van der Waals surface area contributed by atoms with E-state index in [9.17, 15) is 5.21 Å². The topological polar surface area (TPSA) is 23.5 Å². The van der Waals surface area contributed by atoms with Gasteiger partial charge in [0.2, 0.25) is 0 Å². The highest BCUT2D eigenvalue weighted by atomic mass is 16.5. The molecule has 2 nitrogen and oxygen atoms in total. The highest BCUT2D eigenvalue weighted by molar-refractivity contribution is 5.28. The molecule has 106 valence electrons. The minimum atomic E-state index is 0.571. The van der Waals surface area contributed by atoms with E-state index >= 15 is 0 Å². The second kappa shape index (κ2) is 7.22. The predicted octanol–water partition coefficient (Wildman–Crippen LogP) is 4.20. The maximum atomic E-state index is 10.2. The zero-order valence-corrected chi connectivity index (χ0v) is 12.3. The van der Waals surface area contributed by atoms with Gasteiger partial charge in [0.05, 0.1) is 0 Å². The first-order chi connectivity index (χ1) is 9.74. The van der Waals surface area contributed by atoms with Gasteiger partial charge in [0.25, 0.3) is 0 Å². The highest BCUT2D eigenvalue weighted by Gasteiger charge is 2.08. The predicted molar refractivity (Wildman–Crippen MR) is 82.7 cm³/mol. The summed E-state index contributed by atoms with van der Waals surface area (Å²) in [7, 11) is 0. The second-order valence-corrected chi connectivity index (χ2v) is 5.07. The van der Waals surface area contributed by atoms with Crippen LogP contribution in [0, 0.1) is 0 Å². The zero-order valence-electron chi connectivity index (χ0n) is 12.3. The van der Waals surface area contributed by atoms with Gasteiger partial charge >= 0.3 is 0 Å². The van der Waals surface area contributed by atoms with E-state index in [-0.39, 0.29) is 0 Å². The third-order valence-corrected chi connectivity index (χ3v) is 3.70. The molecule has 0 aliphatic heterocycles. The summed E-state index contributed by atoms with van der Waals surface area (Å²) in [5.74, 6) is 0. The Morgan fingerprint density at radius 1 is 0.700 bits per heavy atom. The molecule has 0 amide bonds. The van der Waals surface area contributed by atoms with Gasteiger partial charge in [-0.15, -0.1) is 0 Å². The molecule has 1 N–H and O–H groups in total. The normalized spacial score (nSPS) is 11.0. The van der Waals surface area contributed by atoms with Gasteiger partial charge in [-0.2, -0.15) is 5.06 Å². The van der Waals surface area contributed by atoms with Crippen molar-refractivity contribution in [3.63, 3.8) is 0 Å². The zero-order chi connectivity index (χ0) is 14.4. The molecule has 0 saturated heterocycles. The standard InChI is InChI=1S/C18H23NO/c1-3-15-9-5-7-11-17(15)13-19(20)14-18-12-8-6-10-16(18)4-2/h5-12,20H,3-4,13-14H2,1-2H3. The molecular formula is C18H23NO. The molecular weight excluding hydrogens is 246 g/mol. The molecule has 0 saturated carbocycles. The van der Waals surface area contributed by atoms with Crippen LogP contribution in [0.15, 0.2) is 48.5 Å². The first-order valence-electron chi connectivity index (χ1n) is 7.32. The molecule has 2 heteroatoms. The number of benzene rings is 2. The van der Waals surface area contributed by atoms with Crippen molar-refractivity contribution in [2.24, 2.45) is 0 Å². The number of hydroxylamine groups is 2. The van der Waals surface area contributed by atoms with Gasteiger partial charge in [0.15, 0.2) is 0 Å². The van der Waals surface area contributed by atoms with E-state index in [2.05, 4.69) is 50.2 Å². The van der Waals surface area contributed by atoms with Gasteiger partial charge in [-0.25, -0.2) is 0 Å². The molecule has 0 heterocycles. The van der Waals surface area contributed by atoms with Gasteiger partial charge in [0.1, 0.15) is 0 Å². The molecule has 20 heavy (non-hydrogen) atoms. The fourth-order valence-electron chi connectivity index (χ4n) is 2.56. The lowest BCUT2D eigenvalue weighted by molar-refractivity contribution is -0.108. The molecule has 2 aromatic carbocycles. The van der Waals surface area contributed by atoms with Gasteiger partial charge in [0, 0.05) is 13.1 Å². The molecule has 0 fully saturated rings. The van der Waals surface area contributed by atoms with Gasteiger partial charge < -0.3 is 5.21 Å². The van der Waals surface area contributed by atoms with Crippen molar-refractivity contribution in [1.29, 1.82) is 0 Å². The summed E-state index contributed by atoms with van der Waals surface area (Å²) in [5, 5.41) is 11.6. The van der Waals surface area contributed by atoms with E-state index in [0.717, 1.165) is 12.8 Å². The largest absolute Gasteiger partial charge is 0.313 e. The Balaban J connectivity index is 2.07. The molecule has 2 rings (SSSR count). The first-order valence-corrected chi connectivity index (χ1v) is 7.32. The van der Waals surface area contributed by atoms with E-state index in [1.165, 1.54) is 27.3 Å². The van der Waals surface area contributed by atoms with Crippen molar-refractivity contribution in [2.75, 3.05) is 0 Å². The summed E-state index contributed by atoms with van der Waals surface area (Å²) in [6, 6.07) is 16.6. The third kappa shape index (κ3) is 3.69. The fraction of sp³-hybridized carbons (Fsp3) is 0.333. The summed E-state index contributed by atoms with van der Waals surface area (Å²) in [6.45, 7) is 5.43. The Labute approximate surface area is 121 Å². The number of rotatable bonds is 6. The summed E-state index contributed by atoms with van der Waals surface area (Å²) < 4.78 is 0. The maximum Gasteiger partial charge on any atom is 0.0495 e. The van der Waals surface area contributed by atoms with Crippen LogP contribution in [0.1, 0.15) is 36.1 Å². The van der Waals surface area contributed by atoms with Gasteiger partial charge in [-0.3, -0.25) is 0 Å². The molecule has 0 aliphatic rings. The van der Waals surface area contributed by atoms with Crippen LogP contribution in [0.2, 0.25) is 0 Å². The quantitative estimate of drug-likeness (QED) is 0.794. The summed E-state index contributed by atoms with van der Waals surface area (Å²) in [5.41, 5.74) is 5.00. The van der Waals surface area contributed by atoms with Crippen molar-refractivity contribution >= 4 is 0 Å². The monoisotopic (exact) mass is 269 g/mol. The number of hydrogen-bond acceptors (Lipinski definition) is 2. The van der Waals surface area contributed by atoms with Gasteiger partial charge in [-0.1, -0.05) is 62.4 Å². The molecule has 0 atom stereocenters. The van der Waals surface area contributed by atoms with Gasteiger partial charge in [-0.05, 0) is 35.1 Å². The van der Waals surface area contributed by atoms with Crippen molar-refractivity contribution in [1.82, 2.24) is 5.06 Å². The molecule has 0 aliphatic carbocycles. The minimum Gasteiger partial charge on any atom is -0.313 e. The molecule has 0 aromatic heterocycles. The Morgan fingerprint density at radius 2 is 1.05 bits per heavy atom.